The van der Waals surface area contributed by atoms with Crippen molar-refractivity contribution in [3.8, 4) is 0 Å². The van der Waals surface area contributed by atoms with Crippen molar-refractivity contribution in [2.45, 2.75) is 20.3 Å². The Bertz CT molecular complexity index is 429. The van der Waals surface area contributed by atoms with Crippen LogP contribution in [0.3, 0.4) is 0 Å². The Morgan fingerprint density at radius 3 is 2.42 bits per heavy atom. The van der Waals surface area contributed by atoms with Crippen LogP contribution in [-0.2, 0) is 0 Å². The lowest BCUT2D eigenvalue weighted by Gasteiger charge is -2.24. The Labute approximate surface area is 116 Å². The molecule has 4 nitrogen and oxygen atoms in total. The Morgan fingerprint density at radius 1 is 1.21 bits per heavy atom. The van der Waals surface area contributed by atoms with Crippen molar-refractivity contribution >= 4 is 11.6 Å². The number of nitrogens with zero attached hydrogens (tertiary/aromatic N) is 2. The number of carbonyl (C=O) groups excluding carboxylic acids is 1. The van der Waals surface area contributed by atoms with E-state index in [9.17, 15) is 4.79 Å². The summed E-state index contributed by atoms with van der Waals surface area (Å²) >= 11 is 0. The van der Waals surface area contributed by atoms with E-state index in [0.29, 0.717) is 0 Å². The lowest BCUT2D eigenvalue weighted by atomic mass is 10.1. The van der Waals surface area contributed by atoms with Crippen molar-refractivity contribution in [3.63, 3.8) is 0 Å². The summed E-state index contributed by atoms with van der Waals surface area (Å²) in [4.78, 5) is 16.5. The van der Waals surface area contributed by atoms with Gasteiger partial charge in [-0.05, 0) is 51.2 Å². The van der Waals surface area contributed by atoms with Gasteiger partial charge in [0.15, 0.2) is 0 Å². The topological polar surface area (TPSA) is 49.6 Å². The summed E-state index contributed by atoms with van der Waals surface area (Å²) in [6.45, 7) is 6.43. The summed E-state index contributed by atoms with van der Waals surface area (Å²) in [7, 11) is 4.03. The van der Waals surface area contributed by atoms with Gasteiger partial charge in [-0.2, -0.15) is 0 Å². The quantitative estimate of drug-likeness (QED) is 0.799. The first-order valence-electron chi connectivity index (χ1n) is 6.75. The van der Waals surface area contributed by atoms with Crippen molar-refractivity contribution in [2.75, 3.05) is 39.5 Å². The van der Waals surface area contributed by atoms with Crippen molar-refractivity contribution < 1.29 is 4.79 Å². The Morgan fingerprint density at radius 2 is 1.89 bits per heavy atom. The number of aryl methyl sites for hydroxylation is 1. The molecule has 4 heteroatoms. The zero-order chi connectivity index (χ0) is 14.4. The molecule has 0 radical (unpaired) electrons. The standard InChI is InChI=1S/C15H25N3O/c1-5-8-18(10-9-17(3)4)15(19)13-6-7-14(16)12(2)11-13/h6-7,11H,5,8-10,16H2,1-4H3. The maximum absolute atomic E-state index is 12.5. The molecule has 0 aliphatic rings. The van der Waals surface area contributed by atoms with Crippen LogP contribution in [0.5, 0.6) is 0 Å². The molecule has 106 valence electrons. The number of benzene rings is 1. The van der Waals surface area contributed by atoms with Crippen LogP contribution in [-0.4, -0.2) is 49.4 Å². The number of nitrogens with two attached hydrogens (primary N) is 1. The highest BCUT2D eigenvalue weighted by Crippen LogP contribution is 2.14. The maximum atomic E-state index is 12.5. The van der Waals surface area contributed by atoms with Gasteiger partial charge in [0.05, 0.1) is 0 Å². The molecule has 0 aliphatic carbocycles. The minimum absolute atomic E-state index is 0.0896. The number of anilines is 1. The zero-order valence-corrected chi connectivity index (χ0v) is 12.4. The van der Waals surface area contributed by atoms with Gasteiger partial charge in [-0.1, -0.05) is 6.92 Å². The molecule has 0 aromatic heterocycles. The van der Waals surface area contributed by atoms with Gasteiger partial charge in [-0.25, -0.2) is 0 Å². The summed E-state index contributed by atoms with van der Waals surface area (Å²) in [5, 5.41) is 0. The summed E-state index contributed by atoms with van der Waals surface area (Å²) in [6, 6.07) is 5.48. The van der Waals surface area contributed by atoms with E-state index < -0.39 is 0 Å². The van der Waals surface area contributed by atoms with Crippen LogP contribution in [0.4, 0.5) is 5.69 Å². The van der Waals surface area contributed by atoms with Crippen molar-refractivity contribution in [2.24, 2.45) is 0 Å². The van der Waals surface area contributed by atoms with Gasteiger partial charge < -0.3 is 15.5 Å². The molecule has 1 aromatic rings. The molecule has 0 bridgehead atoms. The fourth-order valence-electron chi connectivity index (χ4n) is 1.90. The van der Waals surface area contributed by atoms with Gasteiger partial charge in [0, 0.05) is 30.9 Å². The average Bonchev–Trinajstić information content (AvgIpc) is 2.36. The van der Waals surface area contributed by atoms with E-state index in [4.69, 9.17) is 5.73 Å². The Kier molecular flexibility index (Phi) is 5.83. The predicted molar refractivity (Wildman–Crippen MR) is 80.3 cm³/mol. The number of hydrogen-bond acceptors (Lipinski definition) is 3. The van der Waals surface area contributed by atoms with Gasteiger partial charge >= 0.3 is 0 Å². The van der Waals surface area contributed by atoms with Crippen molar-refractivity contribution in [1.29, 1.82) is 0 Å². The minimum Gasteiger partial charge on any atom is -0.399 e. The molecule has 19 heavy (non-hydrogen) atoms. The van der Waals surface area contributed by atoms with E-state index >= 15 is 0 Å². The average molecular weight is 263 g/mol. The second-order valence-electron chi connectivity index (χ2n) is 5.17. The molecule has 0 saturated heterocycles. The van der Waals surface area contributed by atoms with Crippen molar-refractivity contribution in [1.82, 2.24) is 9.80 Å². The molecule has 0 heterocycles. The minimum atomic E-state index is 0.0896. The summed E-state index contributed by atoms with van der Waals surface area (Å²) in [5.41, 5.74) is 8.19. The van der Waals surface area contributed by atoms with E-state index in [2.05, 4.69) is 11.8 Å². The molecule has 0 aliphatic heterocycles. The Hall–Kier alpha value is -1.55. The molecule has 1 amide bonds. The molecular weight excluding hydrogens is 238 g/mol. The third-order valence-corrected chi connectivity index (χ3v) is 3.11. The fourth-order valence-corrected chi connectivity index (χ4v) is 1.90. The molecule has 0 fully saturated rings. The second kappa shape index (κ2) is 7.14. The Balaban J connectivity index is 2.82. The van der Waals surface area contributed by atoms with Crippen LogP contribution in [0, 0.1) is 6.92 Å². The monoisotopic (exact) mass is 263 g/mol. The highest BCUT2D eigenvalue weighted by molar-refractivity contribution is 5.94. The van der Waals surface area contributed by atoms with Gasteiger partial charge in [-0.3, -0.25) is 4.79 Å². The number of carbonyl (C=O) groups is 1. The van der Waals surface area contributed by atoms with E-state index in [-0.39, 0.29) is 5.91 Å². The van der Waals surface area contributed by atoms with Crippen LogP contribution in [0.15, 0.2) is 18.2 Å². The summed E-state index contributed by atoms with van der Waals surface area (Å²) < 4.78 is 0. The number of amides is 1. The molecule has 0 spiro atoms. The third-order valence-electron chi connectivity index (χ3n) is 3.11. The van der Waals surface area contributed by atoms with Crippen molar-refractivity contribution in [3.05, 3.63) is 29.3 Å². The molecule has 0 saturated carbocycles. The van der Waals surface area contributed by atoms with Crippen LogP contribution in [0.1, 0.15) is 29.3 Å². The van der Waals surface area contributed by atoms with Crippen LogP contribution >= 0.6 is 0 Å². The molecule has 1 aromatic carbocycles. The summed E-state index contributed by atoms with van der Waals surface area (Å²) in [5.74, 6) is 0.0896. The lowest BCUT2D eigenvalue weighted by molar-refractivity contribution is 0.0745. The number of likely N-dealkylation sites (N-methyl/N-ethyl adjacent to an activating group) is 1. The highest BCUT2D eigenvalue weighted by Gasteiger charge is 2.15. The van der Waals surface area contributed by atoms with Gasteiger partial charge in [0.1, 0.15) is 0 Å². The summed E-state index contributed by atoms with van der Waals surface area (Å²) in [6.07, 6.45) is 0.965. The number of hydrogen-bond donors (Lipinski definition) is 1. The third kappa shape index (κ3) is 4.56. The van der Waals surface area contributed by atoms with E-state index in [1.165, 1.54) is 0 Å². The zero-order valence-electron chi connectivity index (χ0n) is 12.4. The highest BCUT2D eigenvalue weighted by atomic mass is 16.2. The molecular formula is C15H25N3O. The smallest absolute Gasteiger partial charge is 0.253 e. The second-order valence-corrected chi connectivity index (χ2v) is 5.17. The first-order chi connectivity index (χ1) is 8.95. The molecule has 1 rings (SSSR count). The van der Waals surface area contributed by atoms with E-state index in [1.54, 1.807) is 6.07 Å². The molecule has 0 unspecified atom stereocenters. The normalized spacial score (nSPS) is 10.8. The molecule has 0 atom stereocenters. The predicted octanol–water partition coefficient (Wildman–Crippen LogP) is 1.99. The van der Waals surface area contributed by atoms with Crippen LogP contribution < -0.4 is 5.73 Å². The van der Waals surface area contributed by atoms with E-state index in [0.717, 1.165) is 42.9 Å². The van der Waals surface area contributed by atoms with E-state index in [1.807, 2.05) is 38.1 Å². The maximum Gasteiger partial charge on any atom is 0.253 e. The van der Waals surface area contributed by atoms with Gasteiger partial charge in [-0.15, -0.1) is 0 Å². The first kappa shape index (κ1) is 15.5. The van der Waals surface area contributed by atoms with Gasteiger partial charge in [0.2, 0.25) is 0 Å². The fraction of sp³-hybridized carbons (Fsp3) is 0.533. The largest absolute Gasteiger partial charge is 0.399 e. The SMILES string of the molecule is CCCN(CCN(C)C)C(=O)c1ccc(N)c(C)c1. The number of rotatable bonds is 6. The first-order valence-corrected chi connectivity index (χ1v) is 6.75. The van der Waals surface area contributed by atoms with Gasteiger partial charge in [0.25, 0.3) is 5.91 Å². The lowest BCUT2D eigenvalue weighted by Crippen LogP contribution is -2.37. The van der Waals surface area contributed by atoms with Crippen LogP contribution in [0.25, 0.3) is 0 Å². The molecule has 2 N–H and O–H groups in total. The number of nitrogen functional groups attached to an aromatic ring is 1. The van der Waals surface area contributed by atoms with Crippen LogP contribution in [0.2, 0.25) is 0 Å².